The fraction of sp³-hybridized carbons (Fsp3) is 0.333. The molecule has 0 saturated carbocycles. The zero-order chi connectivity index (χ0) is 14.5. The third-order valence-corrected chi connectivity index (χ3v) is 3.36. The van der Waals surface area contributed by atoms with Crippen molar-refractivity contribution in [3.8, 4) is 0 Å². The van der Waals surface area contributed by atoms with Gasteiger partial charge in [-0.3, -0.25) is 0 Å². The quantitative estimate of drug-likeness (QED) is 0.820. The Morgan fingerprint density at radius 2 is 1.40 bits per heavy atom. The molecule has 0 fully saturated rings. The van der Waals surface area contributed by atoms with E-state index in [0.29, 0.717) is 0 Å². The molecule has 2 aromatic carbocycles. The van der Waals surface area contributed by atoms with Crippen LogP contribution in [0.4, 0.5) is 5.69 Å². The summed E-state index contributed by atoms with van der Waals surface area (Å²) in [5.41, 5.74) is 5.34. The summed E-state index contributed by atoms with van der Waals surface area (Å²) in [7, 11) is 8.35. The average molecular weight is 268 g/mol. The Morgan fingerprint density at radius 1 is 0.750 bits per heavy atom. The van der Waals surface area contributed by atoms with Crippen LogP contribution in [0.2, 0.25) is 0 Å². The molecule has 0 amide bonds. The molecule has 2 aromatic rings. The SMILES string of the molecule is CN(C)Cc1ccc(Cc2cccc(N(C)C)c2)cc1. The van der Waals surface area contributed by atoms with Gasteiger partial charge in [0.05, 0.1) is 0 Å². The number of benzene rings is 2. The molecule has 0 aromatic heterocycles. The predicted octanol–water partition coefficient (Wildman–Crippen LogP) is 3.41. The van der Waals surface area contributed by atoms with E-state index in [1.54, 1.807) is 0 Å². The number of hydrogen-bond donors (Lipinski definition) is 0. The highest BCUT2D eigenvalue weighted by Crippen LogP contribution is 2.17. The molecule has 0 bridgehead atoms. The van der Waals surface area contributed by atoms with Crippen molar-refractivity contribution in [2.45, 2.75) is 13.0 Å². The van der Waals surface area contributed by atoms with Crippen molar-refractivity contribution in [1.29, 1.82) is 0 Å². The van der Waals surface area contributed by atoms with Gasteiger partial charge in [0.2, 0.25) is 0 Å². The van der Waals surface area contributed by atoms with Gasteiger partial charge >= 0.3 is 0 Å². The second-order valence-corrected chi connectivity index (χ2v) is 5.80. The lowest BCUT2D eigenvalue weighted by Gasteiger charge is -2.14. The Labute approximate surface area is 122 Å². The highest BCUT2D eigenvalue weighted by atomic mass is 15.1. The summed E-state index contributed by atoms with van der Waals surface area (Å²) in [5.74, 6) is 0. The topological polar surface area (TPSA) is 6.48 Å². The van der Waals surface area contributed by atoms with Crippen LogP contribution in [0.1, 0.15) is 16.7 Å². The van der Waals surface area contributed by atoms with Gasteiger partial charge in [-0.2, -0.15) is 0 Å². The number of hydrogen-bond acceptors (Lipinski definition) is 2. The lowest BCUT2D eigenvalue weighted by molar-refractivity contribution is 0.402. The zero-order valence-corrected chi connectivity index (χ0v) is 12.9. The fourth-order valence-corrected chi connectivity index (χ4v) is 2.31. The monoisotopic (exact) mass is 268 g/mol. The van der Waals surface area contributed by atoms with E-state index in [-0.39, 0.29) is 0 Å². The summed E-state index contributed by atoms with van der Waals surface area (Å²) < 4.78 is 0. The molecule has 2 rings (SSSR count). The molecule has 0 N–H and O–H groups in total. The van der Waals surface area contributed by atoms with Crippen molar-refractivity contribution in [1.82, 2.24) is 4.90 Å². The normalized spacial score (nSPS) is 10.8. The molecule has 0 spiro atoms. The minimum atomic E-state index is 0.990. The number of nitrogens with zero attached hydrogens (tertiary/aromatic N) is 2. The third-order valence-electron chi connectivity index (χ3n) is 3.36. The van der Waals surface area contributed by atoms with Gasteiger partial charge in [0, 0.05) is 26.3 Å². The molecule has 0 aliphatic carbocycles. The molecular weight excluding hydrogens is 244 g/mol. The predicted molar refractivity (Wildman–Crippen MR) is 87.4 cm³/mol. The van der Waals surface area contributed by atoms with Crippen LogP contribution in [0.5, 0.6) is 0 Å². The van der Waals surface area contributed by atoms with E-state index in [0.717, 1.165) is 13.0 Å². The Kier molecular flexibility index (Phi) is 4.80. The average Bonchev–Trinajstić information content (AvgIpc) is 2.41. The largest absolute Gasteiger partial charge is 0.378 e. The second-order valence-electron chi connectivity index (χ2n) is 5.80. The molecule has 0 saturated heterocycles. The minimum absolute atomic E-state index is 0.990. The molecule has 0 heterocycles. The summed E-state index contributed by atoms with van der Waals surface area (Å²) in [6, 6.07) is 17.7. The van der Waals surface area contributed by atoms with Crippen LogP contribution in [0.15, 0.2) is 48.5 Å². The molecule has 0 unspecified atom stereocenters. The van der Waals surface area contributed by atoms with Crippen LogP contribution in [-0.4, -0.2) is 33.1 Å². The maximum absolute atomic E-state index is 2.26. The first-order chi connectivity index (χ1) is 9.54. The van der Waals surface area contributed by atoms with E-state index < -0.39 is 0 Å². The Balaban J connectivity index is 2.08. The number of rotatable bonds is 5. The van der Waals surface area contributed by atoms with Gasteiger partial charge in [0.25, 0.3) is 0 Å². The molecular formula is C18H24N2. The smallest absolute Gasteiger partial charge is 0.0363 e. The summed E-state index contributed by atoms with van der Waals surface area (Å²) in [5, 5.41) is 0. The molecule has 0 aliphatic rings. The summed E-state index contributed by atoms with van der Waals surface area (Å²) >= 11 is 0. The first kappa shape index (κ1) is 14.6. The van der Waals surface area contributed by atoms with Crippen LogP contribution in [0, 0.1) is 0 Å². The standard InChI is InChI=1S/C18H24N2/c1-19(2)14-16-10-8-15(9-11-16)12-17-6-5-7-18(13-17)20(3)4/h5-11,13H,12,14H2,1-4H3. The van der Waals surface area contributed by atoms with E-state index in [4.69, 9.17) is 0 Å². The maximum atomic E-state index is 2.26. The Bertz CT molecular complexity index is 542. The Hall–Kier alpha value is -1.80. The van der Waals surface area contributed by atoms with Gasteiger partial charge < -0.3 is 9.80 Å². The highest BCUT2D eigenvalue weighted by molar-refractivity contribution is 5.48. The molecule has 20 heavy (non-hydrogen) atoms. The molecule has 106 valence electrons. The summed E-state index contributed by atoms with van der Waals surface area (Å²) in [6.07, 6.45) is 0.990. The van der Waals surface area contributed by atoms with Crippen LogP contribution in [-0.2, 0) is 13.0 Å². The first-order valence-corrected chi connectivity index (χ1v) is 7.03. The second kappa shape index (κ2) is 6.58. The lowest BCUT2D eigenvalue weighted by atomic mass is 10.0. The molecule has 2 heteroatoms. The van der Waals surface area contributed by atoms with Crippen molar-refractivity contribution in [3.63, 3.8) is 0 Å². The van der Waals surface area contributed by atoms with Crippen molar-refractivity contribution in [3.05, 3.63) is 65.2 Å². The fourth-order valence-electron chi connectivity index (χ4n) is 2.31. The molecule has 0 radical (unpaired) electrons. The number of anilines is 1. The van der Waals surface area contributed by atoms with Gasteiger partial charge in [0.1, 0.15) is 0 Å². The van der Waals surface area contributed by atoms with Gasteiger partial charge in [-0.25, -0.2) is 0 Å². The summed E-state index contributed by atoms with van der Waals surface area (Å²) in [6.45, 7) is 0.996. The van der Waals surface area contributed by atoms with Gasteiger partial charge in [-0.1, -0.05) is 36.4 Å². The lowest BCUT2D eigenvalue weighted by Crippen LogP contribution is -2.10. The minimum Gasteiger partial charge on any atom is -0.378 e. The van der Waals surface area contributed by atoms with Crippen LogP contribution >= 0.6 is 0 Å². The maximum Gasteiger partial charge on any atom is 0.0363 e. The first-order valence-electron chi connectivity index (χ1n) is 7.03. The zero-order valence-electron chi connectivity index (χ0n) is 12.9. The Morgan fingerprint density at radius 3 is 2.00 bits per heavy atom. The molecule has 0 aliphatic heterocycles. The van der Waals surface area contributed by atoms with E-state index in [1.807, 2.05) is 0 Å². The van der Waals surface area contributed by atoms with Crippen molar-refractivity contribution in [2.24, 2.45) is 0 Å². The van der Waals surface area contributed by atoms with Crippen molar-refractivity contribution < 1.29 is 0 Å². The van der Waals surface area contributed by atoms with E-state index in [1.165, 1.54) is 22.4 Å². The van der Waals surface area contributed by atoms with Crippen molar-refractivity contribution >= 4 is 5.69 Å². The third kappa shape index (κ3) is 4.10. The molecule has 0 atom stereocenters. The molecule has 2 nitrogen and oxygen atoms in total. The van der Waals surface area contributed by atoms with Crippen LogP contribution in [0.3, 0.4) is 0 Å². The summed E-state index contributed by atoms with van der Waals surface area (Å²) in [4.78, 5) is 4.33. The van der Waals surface area contributed by atoms with E-state index >= 15 is 0 Å². The van der Waals surface area contributed by atoms with Crippen molar-refractivity contribution in [2.75, 3.05) is 33.1 Å². The van der Waals surface area contributed by atoms with E-state index in [9.17, 15) is 0 Å². The van der Waals surface area contributed by atoms with Crippen LogP contribution < -0.4 is 4.90 Å². The van der Waals surface area contributed by atoms with Crippen LogP contribution in [0.25, 0.3) is 0 Å². The van der Waals surface area contributed by atoms with Gasteiger partial charge in [-0.15, -0.1) is 0 Å². The van der Waals surface area contributed by atoms with E-state index in [2.05, 4.69) is 86.5 Å². The van der Waals surface area contributed by atoms with Gasteiger partial charge in [0.15, 0.2) is 0 Å². The highest BCUT2D eigenvalue weighted by Gasteiger charge is 2.01. The van der Waals surface area contributed by atoms with Gasteiger partial charge in [-0.05, 0) is 49.3 Å².